The number of rotatable bonds is 7. The van der Waals surface area contributed by atoms with E-state index in [-0.39, 0.29) is 17.2 Å². The molecule has 0 amide bonds. The number of carbonyl (C=O) groups is 1. The molecule has 40 heavy (non-hydrogen) atoms. The maximum atomic E-state index is 12.4. The van der Waals surface area contributed by atoms with E-state index in [1.54, 1.807) is 42.5 Å². The monoisotopic (exact) mass is 568 g/mol. The standard InChI is InChI=1S/C32H22Cl2N2O4/c33-23-10-5-20(6-11-23)19-38-24-12-7-22(8-13-24)31-26-15-14-25(17-29(26)40-32(36)27(31)18-35)39-30(37)16-9-21-3-1-2-4-28(21)34/h1-17,31H,19,36H2/b16-9+. The normalized spacial score (nSPS) is 14.3. The Balaban J connectivity index is 1.33. The molecular weight excluding hydrogens is 547 g/mol. The molecule has 0 bridgehead atoms. The summed E-state index contributed by atoms with van der Waals surface area (Å²) in [6.07, 6.45) is 2.88. The average molecular weight is 569 g/mol. The van der Waals surface area contributed by atoms with E-state index in [4.69, 9.17) is 43.1 Å². The summed E-state index contributed by atoms with van der Waals surface area (Å²) in [5.74, 6) is 0.278. The van der Waals surface area contributed by atoms with Gasteiger partial charge in [0, 0.05) is 27.8 Å². The number of carbonyl (C=O) groups excluding carboxylic acids is 1. The lowest BCUT2D eigenvalue weighted by Gasteiger charge is -2.26. The first-order chi connectivity index (χ1) is 19.4. The Labute approximate surface area is 241 Å². The molecule has 0 aliphatic carbocycles. The van der Waals surface area contributed by atoms with Gasteiger partial charge in [-0.3, -0.25) is 0 Å². The number of halogens is 2. The first kappa shape index (κ1) is 26.9. The van der Waals surface area contributed by atoms with Crippen LogP contribution < -0.4 is 19.9 Å². The van der Waals surface area contributed by atoms with Crippen LogP contribution in [0.1, 0.15) is 28.2 Å². The second-order valence-corrected chi connectivity index (χ2v) is 9.73. The van der Waals surface area contributed by atoms with E-state index in [9.17, 15) is 10.1 Å². The molecule has 0 saturated carbocycles. The van der Waals surface area contributed by atoms with Crippen LogP contribution in [0.4, 0.5) is 0 Å². The van der Waals surface area contributed by atoms with Crippen molar-refractivity contribution in [1.29, 1.82) is 5.26 Å². The topological polar surface area (TPSA) is 94.6 Å². The summed E-state index contributed by atoms with van der Waals surface area (Å²) in [6.45, 7) is 0.391. The molecule has 6 nitrogen and oxygen atoms in total. The molecule has 1 aliphatic heterocycles. The summed E-state index contributed by atoms with van der Waals surface area (Å²) in [4.78, 5) is 12.4. The van der Waals surface area contributed by atoms with Crippen LogP contribution in [-0.2, 0) is 11.4 Å². The number of hydrogen-bond acceptors (Lipinski definition) is 6. The third-order valence-corrected chi connectivity index (χ3v) is 6.84. The van der Waals surface area contributed by atoms with Crippen molar-refractivity contribution in [2.75, 3.05) is 0 Å². The molecule has 1 heterocycles. The molecule has 2 N–H and O–H groups in total. The number of esters is 1. The van der Waals surface area contributed by atoms with Crippen LogP contribution >= 0.6 is 23.2 Å². The second-order valence-electron chi connectivity index (χ2n) is 8.88. The van der Waals surface area contributed by atoms with Crippen LogP contribution in [0.3, 0.4) is 0 Å². The Morgan fingerprint density at radius 3 is 2.42 bits per heavy atom. The van der Waals surface area contributed by atoms with Crippen LogP contribution in [0.2, 0.25) is 10.0 Å². The zero-order valence-electron chi connectivity index (χ0n) is 21.0. The number of hydrogen-bond donors (Lipinski definition) is 1. The van der Waals surface area contributed by atoms with Gasteiger partial charge < -0.3 is 19.9 Å². The van der Waals surface area contributed by atoms with E-state index in [2.05, 4.69) is 6.07 Å². The highest BCUT2D eigenvalue weighted by molar-refractivity contribution is 6.32. The predicted molar refractivity (Wildman–Crippen MR) is 154 cm³/mol. The van der Waals surface area contributed by atoms with Crippen molar-refractivity contribution in [2.24, 2.45) is 5.73 Å². The van der Waals surface area contributed by atoms with Gasteiger partial charge >= 0.3 is 5.97 Å². The van der Waals surface area contributed by atoms with Crippen LogP contribution in [0.25, 0.3) is 6.08 Å². The van der Waals surface area contributed by atoms with E-state index in [0.29, 0.717) is 39.3 Å². The first-order valence-corrected chi connectivity index (χ1v) is 13.0. The summed E-state index contributed by atoms with van der Waals surface area (Å²) >= 11 is 12.1. The van der Waals surface area contributed by atoms with Crippen LogP contribution in [0.15, 0.2) is 109 Å². The fourth-order valence-corrected chi connectivity index (χ4v) is 4.59. The summed E-state index contributed by atoms with van der Waals surface area (Å²) < 4.78 is 17.1. The van der Waals surface area contributed by atoms with Gasteiger partial charge in [0.2, 0.25) is 5.88 Å². The number of nitrogens with zero attached hydrogens (tertiary/aromatic N) is 1. The fraction of sp³-hybridized carbons (Fsp3) is 0.0625. The molecular formula is C32H22Cl2N2O4. The molecule has 1 atom stereocenters. The van der Waals surface area contributed by atoms with Crippen molar-refractivity contribution in [3.05, 3.63) is 141 Å². The summed E-state index contributed by atoms with van der Waals surface area (Å²) in [7, 11) is 0. The molecule has 0 spiro atoms. The molecule has 0 aromatic heterocycles. The van der Waals surface area contributed by atoms with E-state index in [1.807, 2.05) is 54.6 Å². The molecule has 1 aliphatic rings. The van der Waals surface area contributed by atoms with Crippen molar-refractivity contribution in [2.45, 2.75) is 12.5 Å². The zero-order valence-corrected chi connectivity index (χ0v) is 22.5. The number of allylic oxidation sites excluding steroid dienone is 1. The molecule has 1 unspecified atom stereocenters. The maximum Gasteiger partial charge on any atom is 0.336 e. The third-order valence-electron chi connectivity index (χ3n) is 6.25. The molecule has 5 rings (SSSR count). The van der Waals surface area contributed by atoms with Crippen molar-refractivity contribution in [3.63, 3.8) is 0 Å². The maximum absolute atomic E-state index is 12.4. The Kier molecular flexibility index (Phi) is 8.07. The summed E-state index contributed by atoms with van der Waals surface area (Å²) in [5.41, 5.74) is 9.65. The van der Waals surface area contributed by atoms with Crippen LogP contribution in [-0.4, -0.2) is 5.97 Å². The van der Waals surface area contributed by atoms with Crippen molar-refractivity contribution < 1.29 is 19.0 Å². The van der Waals surface area contributed by atoms with Crippen LogP contribution in [0, 0.1) is 11.3 Å². The number of fused-ring (bicyclic) bond motifs is 1. The van der Waals surface area contributed by atoms with Gasteiger partial charge in [0.05, 0.1) is 5.92 Å². The quantitative estimate of drug-likeness (QED) is 0.142. The minimum atomic E-state index is -0.581. The molecule has 8 heteroatoms. The lowest BCUT2D eigenvalue weighted by Crippen LogP contribution is -2.21. The Morgan fingerprint density at radius 2 is 1.70 bits per heavy atom. The SMILES string of the molecule is N#CC1=C(N)Oc2cc(OC(=O)/C=C/c3ccccc3Cl)ccc2C1c1ccc(OCc2ccc(Cl)cc2)cc1. The average Bonchev–Trinajstić information content (AvgIpc) is 2.96. The minimum Gasteiger partial charge on any atom is -0.489 e. The molecule has 0 fully saturated rings. The molecule has 0 saturated heterocycles. The van der Waals surface area contributed by atoms with Crippen LogP contribution in [0.5, 0.6) is 17.2 Å². The first-order valence-electron chi connectivity index (χ1n) is 12.2. The zero-order chi connectivity index (χ0) is 28.1. The van der Waals surface area contributed by atoms with E-state index in [0.717, 1.165) is 11.1 Å². The Morgan fingerprint density at radius 1 is 0.975 bits per heavy atom. The third kappa shape index (κ3) is 6.13. The fourth-order valence-electron chi connectivity index (χ4n) is 4.26. The molecule has 198 valence electrons. The lowest BCUT2D eigenvalue weighted by atomic mass is 9.83. The van der Waals surface area contributed by atoms with E-state index < -0.39 is 11.9 Å². The van der Waals surface area contributed by atoms with Gasteiger partial charge in [-0.05, 0) is 59.2 Å². The lowest BCUT2D eigenvalue weighted by molar-refractivity contribution is -0.128. The summed E-state index contributed by atoms with van der Waals surface area (Å²) in [6, 6.07) is 29.2. The smallest absolute Gasteiger partial charge is 0.336 e. The van der Waals surface area contributed by atoms with Gasteiger partial charge in [-0.2, -0.15) is 5.26 Å². The number of nitrogens with two attached hydrogens (primary N) is 1. The number of benzene rings is 4. The Bertz CT molecular complexity index is 1660. The van der Waals surface area contributed by atoms with Gasteiger partial charge in [0.1, 0.15) is 35.5 Å². The summed E-state index contributed by atoms with van der Waals surface area (Å²) in [5, 5.41) is 11.1. The van der Waals surface area contributed by atoms with Gasteiger partial charge in [0.15, 0.2) is 0 Å². The van der Waals surface area contributed by atoms with E-state index >= 15 is 0 Å². The van der Waals surface area contributed by atoms with Gasteiger partial charge in [-0.1, -0.05) is 71.7 Å². The highest BCUT2D eigenvalue weighted by Crippen LogP contribution is 2.43. The van der Waals surface area contributed by atoms with E-state index in [1.165, 1.54) is 6.08 Å². The van der Waals surface area contributed by atoms with Gasteiger partial charge in [0.25, 0.3) is 0 Å². The Hall–Kier alpha value is -4.70. The number of ether oxygens (including phenoxy) is 3. The largest absolute Gasteiger partial charge is 0.489 e. The molecule has 4 aromatic rings. The van der Waals surface area contributed by atoms with Gasteiger partial charge in [-0.25, -0.2) is 4.79 Å². The molecule has 4 aromatic carbocycles. The predicted octanol–water partition coefficient (Wildman–Crippen LogP) is 7.41. The number of nitriles is 1. The molecule has 0 radical (unpaired) electrons. The van der Waals surface area contributed by atoms with Crippen molar-refractivity contribution in [1.82, 2.24) is 0 Å². The highest BCUT2D eigenvalue weighted by Gasteiger charge is 2.31. The van der Waals surface area contributed by atoms with Crippen molar-refractivity contribution in [3.8, 4) is 23.3 Å². The highest BCUT2D eigenvalue weighted by atomic mass is 35.5. The minimum absolute atomic E-state index is 0.00911. The van der Waals surface area contributed by atoms with Gasteiger partial charge in [-0.15, -0.1) is 0 Å². The van der Waals surface area contributed by atoms with Crippen molar-refractivity contribution >= 4 is 35.2 Å². The second kappa shape index (κ2) is 12.0.